The van der Waals surface area contributed by atoms with E-state index in [0.29, 0.717) is 12.5 Å². The van der Waals surface area contributed by atoms with E-state index in [4.69, 9.17) is 16.3 Å². The second-order valence-corrected chi connectivity index (χ2v) is 8.92. The van der Waals surface area contributed by atoms with Crippen molar-refractivity contribution in [2.45, 2.75) is 52.0 Å². The first kappa shape index (κ1) is 20.0. The van der Waals surface area contributed by atoms with Crippen LogP contribution < -0.4 is 10.1 Å². The summed E-state index contributed by atoms with van der Waals surface area (Å²) in [6.07, 6.45) is 4.61. The van der Waals surface area contributed by atoms with Crippen molar-refractivity contribution in [2.75, 3.05) is 6.61 Å². The molecule has 1 atom stereocenters. The number of nitrogens with one attached hydrogen (secondary N) is 1. The van der Waals surface area contributed by atoms with Gasteiger partial charge in [0.25, 0.3) is 5.91 Å². The first-order valence-electron chi connectivity index (χ1n) is 9.43. The molecule has 0 radical (unpaired) electrons. The molecule has 0 bridgehead atoms. The molecular formula is C22H26ClNO2S. The number of benzene rings is 1. The summed E-state index contributed by atoms with van der Waals surface area (Å²) in [6.45, 7) is 6.78. The van der Waals surface area contributed by atoms with E-state index in [9.17, 15) is 4.79 Å². The maximum Gasteiger partial charge on any atom is 0.262 e. The lowest BCUT2D eigenvalue weighted by Gasteiger charge is -2.26. The maximum atomic E-state index is 13.1. The Labute approximate surface area is 170 Å². The Kier molecular flexibility index (Phi) is 6.61. The average Bonchev–Trinajstić information content (AvgIpc) is 3.06. The monoisotopic (exact) mass is 403 g/mol. The summed E-state index contributed by atoms with van der Waals surface area (Å²) in [5, 5.41) is 4.04. The molecule has 1 N–H and O–H groups in total. The molecule has 0 fully saturated rings. The molecule has 0 unspecified atom stereocenters. The highest BCUT2D eigenvalue weighted by Crippen LogP contribution is 2.34. The topological polar surface area (TPSA) is 38.3 Å². The van der Waals surface area contributed by atoms with Gasteiger partial charge in [0.15, 0.2) is 0 Å². The van der Waals surface area contributed by atoms with E-state index in [1.54, 1.807) is 11.3 Å². The largest absolute Gasteiger partial charge is 0.493 e. The molecule has 2 heterocycles. The van der Waals surface area contributed by atoms with Crippen molar-refractivity contribution in [1.82, 2.24) is 5.32 Å². The number of aryl methyl sites for hydroxylation is 1. The molecule has 0 spiro atoms. The SMILES string of the molecule is C/C(Cl)=C\CCc1cc(C(C)C)c(C(=O)N[C@H]2CCOc3ccccc32)s1. The van der Waals surface area contributed by atoms with Gasteiger partial charge in [-0.2, -0.15) is 0 Å². The van der Waals surface area contributed by atoms with E-state index in [2.05, 4.69) is 25.2 Å². The zero-order valence-electron chi connectivity index (χ0n) is 16.0. The van der Waals surface area contributed by atoms with Crippen LogP contribution in [-0.4, -0.2) is 12.5 Å². The number of para-hydroxylation sites is 1. The van der Waals surface area contributed by atoms with Crippen molar-refractivity contribution in [3.63, 3.8) is 0 Å². The van der Waals surface area contributed by atoms with Crippen LogP contribution in [0.15, 0.2) is 41.4 Å². The molecule has 1 aliphatic rings. The van der Waals surface area contributed by atoms with Gasteiger partial charge in [-0.3, -0.25) is 4.79 Å². The van der Waals surface area contributed by atoms with Gasteiger partial charge in [0.2, 0.25) is 0 Å². The molecule has 1 aromatic heterocycles. The summed E-state index contributed by atoms with van der Waals surface area (Å²) in [5.74, 6) is 1.19. The molecule has 1 aliphatic heterocycles. The Bertz CT molecular complexity index is 837. The molecule has 0 aliphatic carbocycles. The zero-order chi connectivity index (χ0) is 19.4. The number of carbonyl (C=O) groups is 1. The molecule has 0 saturated carbocycles. The van der Waals surface area contributed by atoms with Gasteiger partial charge in [0, 0.05) is 21.9 Å². The van der Waals surface area contributed by atoms with Crippen LogP contribution in [0.1, 0.15) is 71.2 Å². The van der Waals surface area contributed by atoms with Gasteiger partial charge in [0.05, 0.1) is 17.5 Å². The van der Waals surface area contributed by atoms with Crippen molar-refractivity contribution in [1.29, 1.82) is 0 Å². The lowest BCUT2D eigenvalue weighted by Crippen LogP contribution is -2.32. The predicted molar refractivity (Wildman–Crippen MR) is 113 cm³/mol. The first-order valence-corrected chi connectivity index (χ1v) is 10.6. The summed E-state index contributed by atoms with van der Waals surface area (Å²) in [5.41, 5.74) is 2.18. The number of carbonyl (C=O) groups excluding carboxylic acids is 1. The number of thiophene rings is 1. The number of rotatable bonds is 6. The van der Waals surface area contributed by atoms with Crippen LogP contribution in [-0.2, 0) is 6.42 Å². The fraction of sp³-hybridized carbons (Fsp3) is 0.409. The van der Waals surface area contributed by atoms with E-state index >= 15 is 0 Å². The minimum absolute atomic E-state index is 0.00477. The van der Waals surface area contributed by atoms with Crippen molar-refractivity contribution in [3.8, 4) is 5.75 Å². The highest BCUT2D eigenvalue weighted by molar-refractivity contribution is 7.14. The number of allylic oxidation sites excluding steroid dienone is 2. The van der Waals surface area contributed by atoms with Crippen LogP contribution in [0.25, 0.3) is 0 Å². The van der Waals surface area contributed by atoms with Gasteiger partial charge >= 0.3 is 0 Å². The highest BCUT2D eigenvalue weighted by atomic mass is 35.5. The van der Waals surface area contributed by atoms with E-state index in [1.807, 2.05) is 37.3 Å². The number of hydrogen-bond acceptors (Lipinski definition) is 3. The summed E-state index contributed by atoms with van der Waals surface area (Å²) >= 11 is 7.52. The van der Waals surface area contributed by atoms with Crippen LogP contribution >= 0.6 is 22.9 Å². The zero-order valence-corrected chi connectivity index (χ0v) is 17.6. The quantitative estimate of drug-likeness (QED) is 0.623. The Morgan fingerprint density at radius 3 is 2.93 bits per heavy atom. The summed E-state index contributed by atoms with van der Waals surface area (Å²) in [7, 11) is 0. The number of amides is 1. The molecule has 27 heavy (non-hydrogen) atoms. The second-order valence-electron chi connectivity index (χ2n) is 7.18. The number of fused-ring (bicyclic) bond motifs is 1. The third-order valence-corrected chi connectivity index (χ3v) is 6.08. The molecule has 144 valence electrons. The van der Waals surface area contributed by atoms with Gasteiger partial charge in [-0.15, -0.1) is 11.3 Å². The van der Waals surface area contributed by atoms with Crippen molar-refractivity contribution >= 4 is 28.8 Å². The maximum absolute atomic E-state index is 13.1. The average molecular weight is 404 g/mol. The summed E-state index contributed by atoms with van der Waals surface area (Å²) in [4.78, 5) is 15.1. The van der Waals surface area contributed by atoms with Crippen LogP contribution in [0.2, 0.25) is 0 Å². The molecular weight excluding hydrogens is 378 g/mol. The molecule has 3 rings (SSSR count). The molecule has 2 aromatic rings. The lowest BCUT2D eigenvalue weighted by molar-refractivity contribution is 0.0927. The van der Waals surface area contributed by atoms with Crippen LogP contribution in [0.4, 0.5) is 0 Å². The molecule has 1 aromatic carbocycles. The van der Waals surface area contributed by atoms with Crippen molar-refractivity contribution < 1.29 is 9.53 Å². The number of hydrogen-bond donors (Lipinski definition) is 1. The van der Waals surface area contributed by atoms with Crippen LogP contribution in [0.3, 0.4) is 0 Å². The fourth-order valence-corrected chi connectivity index (χ4v) is 4.66. The van der Waals surface area contributed by atoms with E-state index in [-0.39, 0.29) is 11.9 Å². The van der Waals surface area contributed by atoms with E-state index in [1.165, 1.54) is 4.88 Å². The van der Waals surface area contributed by atoms with Gasteiger partial charge in [-0.05, 0) is 43.4 Å². The van der Waals surface area contributed by atoms with Gasteiger partial charge < -0.3 is 10.1 Å². The Morgan fingerprint density at radius 2 is 2.19 bits per heavy atom. The molecule has 0 saturated heterocycles. The lowest BCUT2D eigenvalue weighted by atomic mass is 9.99. The third-order valence-electron chi connectivity index (χ3n) is 4.72. The number of halogens is 1. The Morgan fingerprint density at radius 1 is 1.41 bits per heavy atom. The minimum atomic E-state index is -0.00477. The standard InChI is InChI=1S/C22H26ClNO2S/c1-14(2)18-13-16(8-6-7-15(3)23)27-21(18)22(25)24-19-11-12-26-20-10-5-4-9-17(19)20/h4-5,7,9-10,13-14,19H,6,8,11-12H2,1-3H3,(H,24,25)/b15-7+/t19-/m0/s1. The number of ether oxygens (including phenoxy) is 1. The normalized spacial score (nSPS) is 16.8. The van der Waals surface area contributed by atoms with Gasteiger partial charge in [0.1, 0.15) is 5.75 Å². The second kappa shape index (κ2) is 8.94. The third kappa shape index (κ3) is 4.94. The van der Waals surface area contributed by atoms with Crippen LogP contribution in [0, 0.1) is 0 Å². The van der Waals surface area contributed by atoms with Gasteiger partial charge in [-0.25, -0.2) is 0 Å². The minimum Gasteiger partial charge on any atom is -0.493 e. The van der Waals surface area contributed by atoms with Gasteiger partial charge in [-0.1, -0.05) is 49.7 Å². The Hall–Kier alpha value is -1.78. The highest BCUT2D eigenvalue weighted by Gasteiger charge is 2.25. The smallest absolute Gasteiger partial charge is 0.262 e. The van der Waals surface area contributed by atoms with E-state index in [0.717, 1.165) is 46.0 Å². The summed E-state index contributed by atoms with van der Waals surface area (Å²) in [6, 6.07) is 10.1. The molecule has 1 amide bonds. The van der Waals surface area contributed by atoms with E-state index < -0.39 is 0 Å². The van der Waals surface area contributed by atoms with Crippen molar-refractivity contribution in [2.24, 2.45) is 0 Å². The van der Waals surface area contributed by atoms with Crippen LogP contribution in [0.5, 0.6) is 5.75 Å². The predicted octanol–water partition coefficient (Wildman–Crippen LogP) is 6.20. The summed E-state index contributed by atoms with van der Waals surface area (Å²) < 4.78 is 5.71. The van der Waals surface area contributed by atoms with Crippen molar-refractivity contribution in [3.05, 3.63) is 62.3 Å². The molecule has 3 nitrogen and oxygen atoms in total. The first-order chi connectivity index (χ1) is 13.0. The fourth-order valence-electron chi connectivity index (χ4n) is 3.32. The Balaban J connectivity index is 1.78. The molecule has 5 heteroatoms.